The summed E-state index contributed by atoms with van der Waals surface area (Å²) in [4.78, 5) is 38.4. The normalized spacial score (nSPS) is 13.7. The van der Waals surface area contributed by atoms with E-state index in [9.17, 15) is 14.0 Å². The van der Waals surface area contributed by atoms with Crippen LogP contribution in [0.1, 0.15) is 5.56 Å². The van der Waals surface area contributed by atoms with E-state index in [2.05, 4.69) is 46.7 Å². The molecule has 5 rings (SSSR count). The molecule has 1 saturated heterocycles. The second kappa shape index (κ2) is 13.1. The van der Waals surface area contributed by atoms with E-state index in [-0.39, 0.29) is 6.03 Å². The lowest BCUT2D eigenvalue weighted by molar-refractivity contribution is 0.0393. The molecule has 0 unspecified atom stereocenters. The fraction of sp³-hybridized carbons (Fsp3) is 0.259. The fourth-order valence-electron chi connectivity index (χ4n) is 4.11. The number of amides is 4. The van der Waals surface area contributed by atoms with Gasteiger partial charge < -0.3 is 15.4 Å². The Labute approximate surface area is 242 Å². The molecule has 2 aromatic heterocycles. The van der Waals surface area contributed by atoms with E-state index in [4.69, 9.17) is 4.74 Å². The molecule has 1 fully saturated rings. The number of nitrogens with one attached hydrogen (secondary N) is 3. The number of pyridine rings is 1. The lowest BCUT2D eigenvalue weighted by Crippen LogP contribution is -2.44. The van der Waals surface area contributed by atoms with Crippen molar-refractivity contribution in [1.82, 2.24) is 20.2 Å². The molecule has 0 bridgehead atoms. The van der Waals surface area contributed by atoms with Crippen molar-refractivity contribution >= 4 is 66.2 Å². The molecule has 208 valence electrons. The molecule has 0 aliphatic carbocycles. The van der Waals surface area contributed by atoms with Crippen molar-refractivity contribution in [2.24, 2.45) is 0 Å². The molecule has 1 aliphatic heterocycles. The number of benzene rings is 2. The molecule has 0 spiro atoms. The summed E-state index contributed by atoms with van der Waals surface area (Å²) in [6.07, 6.45) is 1.57. The molecule has 3 heterocycles. The van der Waals surface area contributed by atoms with Gasteiger partial charge in [-0.1, -0.05) is 41.7 Å². The molecule has 4 aromatic rings. The number of aromatic nitrogens is 2. The Kier molecular flexibility index (Phi) is 9.16. The van der Waals surface area contributed by atoms with E-state index in [1.54, 1.807) is 23.2 Å². The number of halogens is 2. The van der Waals surface area contributed by atoms with Gasteiger partial charge in [-0.3, -0.25) is 15.1 Å². The number of rotatable bonds is 8. The summed E-state index contributed by atoms with van der Waals surface area (Å²) < 4.78 is 20.5. The molecule has 3 N–H and O–H groups in total. The zero-order valence-electron chi connectivity index (χ0n) is 21.4. The van der Waals surface area contributed by atoms with Gasteiger partial charge in [0.25, 0.3) is 0 Å². The summed E-state index contributed by atoms with van der Waals surface area (Å²) in [6, 6.07) is 15.0. The summed E-state index contributed by atoms with van der Waals surface area (Å²) in [6.45, 7) is 4.24. The van der Waals surface area contributed by atoms with Crippen LogP contribution in [0.2, 0.25) is 0 Å². The quantitative estimate of drug-likeness (QED) is 0.245. The average molecular weight is 629 g/mol. The van der Waals surface area contributed by atoms with Gasteiger partial charge in [-0.2, -0.15) is 4.98 Å². The third kappa shape index (κ3) is 7.30. The first-order valence-corrected chi connectivity index (χ1v) is 14.2. The second-order valence-electron chi connectivity index (χ2n) is 8.99. The summed E-state index contributed by atoms with van der Waals surface area (Å²) in [7, 11) is 0. The number of thiazole rings is 1. The van der Waals surface area contributed by atoms with Crippen molar-refractivity contribution in [2.75, 3.05) is 54.9 Å². The molecule has 13 heteroatoms. The largest absolute Gasteiger partial charge is 0.379 e. The maximum Gasteiger partial charge on any atom is 0.326 e. The third-order valence-electron chi connectivity index (χ3n) is 6.22. The first-order chi connectivity index (χ1) is 19.4. The van der Waals surface area contributed by atoms with Gasteiger partial charge in [0.15, 0.2) is 10.8 Å². The Morgan fingerprint density at radius 3 is 2.67 bits per heavy atom. The van der Waals surface area contributed by atoms with Crippen LogP contribution in [0.5, 0.6) is 0 Å². The molecule has 10 nitrogen and oxygen atoms in total. The maximum absolute atomic E-state index is 14.1. The van der Waals surface area contributed by atoms with Crippen molar-refractivity contribution in [1.29, 1.82) is 0 Å². The van der Waals surface area contributed by atoms with Gasteiger partial charge in [0.1, 0.15) is 5.82 Å². The molecule has 0 radical (unpaired) electrons. The number of carbonyl (C=O) groups is 2. The standard InChI is InChI=1S/C27H27BrFN7O3S/c28-21-7-6-19(14-22(21)29)32-27(38)36(9-8-35-10-12-39-13-11-35)20-15-23-24(30-17-20)33-26(40-23)34-25(37)31-16-18-4-2-1-3-5-18/h1-7,14-15,17H,8-13,16H2,(H,32,38)(H2,30,31,33,34,37). The van der Waals surface area contributed by atoms with Crippen LogP contribution in [-0.4, -0.2) is 66.3 Å². The van der Waals surface area contributed by atoms with E-state index in [0.717, 1.165) is 18.7 Å². The van der Waals surface area contributed by atoms with Crippen molar-refractivity contribution in [3.63, 3.8) is 0 Å². The van der Waals surface area contributed by atoms with Crippen LogP contribution in [0.4, 0.5) is 30.5 Å². The zero-order chi connectivity index (χ0) is 27.9. The Hall–Kier alpha value is -3.65. The molecular weight excluding hydrogens is 601 g/mol. The number of anilines is 3. The predicted octanol–water partition coefficient (Wildman–Crippen LogP) is 5.29. The van der Waals surface area contributed by atoms with Gasteiger partial charge in [0.05, 0.1) is 34.3 Å². The topological polar surface area (TPSA) is 112 Å². The summed E-state index contributed by atoms with van der Waals surface area (Å²) >= 11 is 4.39. The van der Waals surface area contributed by atoms with Crippen molar-refractivity contribution in [2.45, 2.75) is 6.54 Å². The van der Waals surface area contributed by atoms with Crippen molar-refractivity contribution in [3.05, 3.63) is 76.6 Å². The molecule has 0 saturated carbocycles. The predicted molar refractivity (Wildman–Crippen MR) is 157 cm³/mol. The van der Waals surface area contributed by atoms with Gasteiger partial charge >= 0.3 is 12.1 Å². The smallest absolute Gasteiger partial charge is 0.326 e. The van der Waals surface area contributed by atoms with Crippen LogP contribution in [-0.2, 0) is 11.3 Å². The van der Waals surface area contributed by atoms with E-state index in [1.165, 1.54) is 17.4 Å². The number of hydrogen-bond acceptors (Lipinski definition) is 7. The van der Waals surface area contributed by atoms with Crippen LogP contribution < -0.4 is 20.9 Å². The van der Waals surface area contributed by atoms with Crippen LogP contribution in [0.15, 0.2) is 65.3 Å². The van der Waals surface area contributed by atoms with E-state index < -0.39 is 11.8 Å². The molecule has 1 aliphatic rings. The van der Waals surface area contributed by atoms with Gasteiger partial charge in [0.2, 0.25) is 0 Å². The minimum atomic E-state index is -0.474. The lowest BCUT2D eigenvalue weighted by atomic mass is 10.2. The number of morpholine rings is 1. The second-order valence-corrected chi connectivity index (χ2v) is 10.9. The Balaban J connectivity index is 1.31. The van der Waals surface area contributed by atoms with Crippen LogP contribution in [0, 0.1) is 5.82 Å². The minimum absolute atomic E-state index is 0.313. The SMILES string of the molecule is O=C(NCc1ccccc1)Nc1nc2ncc(N(CCN3CCOCC3)C(=O)Nc3ccc(Br)c(F)c3)cc2s1. The molecular formula is C27H27BrFN7O3S. The van der Waals surface area contributed by atoms with Crippen molar-refractivity contribution in [3.8, 4) is 0 Å². The maximum atomic E-state index is 14.1. The average Bonchev–Trinajstić information content (AvgIpc) is 3.36. The molecule has 4 amide bonds. The van der Waals surface area contributed by atoms with Crippen molar-refractivity contribution < 1.29 is 18.7 Å². The fourth-order valence-corrected chi connectivity index (χ4v) is 5.21. The first kappa shape index (κ1) is 27.9. The molecule has 0 atom stereocenters. The van der Waals surface area contributed by atoms with Crippen LogP contribution in [0.3, 0.4) is 0 Å². The van der Waals surface area contributed by atoms with Crippen LogP contribution >= 0.6 is 27.3 Å². The monoisotopic (exact) mass is 627 g/mol. The van der Waals surface area contributed by atoms with Gasteiger partial charge in [0, 0.05) is 38.4 Å². The summed E-state index contributed by atoms with van der Waals surface area (Å²) in [5, 5.41) is 8.73. The zero-order valence-corrected chi connectivity index (χ0v) is 23.8. The number of nitrogens with zero attached hydrogens (tertiary/aromatic N) is 4. The molecule has 2 aromatic carbocycles. The lowest BCUT2D eigenvalue weighted by Gasteiger charge is -2.30. The Morgan fingerprint density at radius 2 is 1.90 bits per heavy atom. The van der Waals surface area contributed by atoms with Gasteiger partial charge in [-0.15, -0.1) is 0 Å². The highest BCUT2D eigenvalue weighted by Crippen LogP contribution is 2.29. The third-order valence-corrected chi connectivity index (χ3v) is 7.77. The number of ether oxygens (including phenoxy) is 1. The summed E-state index contributed by atoms with van der Waals surface area (Å²) in [5.74, 6) is -0.474. The van der Waals surface area contributed by atoms with E-state index >= 15 is 0 Å². The highest BCUT2D eigenvalue weighted by Gasteiger charge is 2.21. The number of carbonyl (C=O) groups excluding carboxylic acids is 2. The number of urea groups is 2. The Morgan fingerprint density at radius 1 is 1.10 bits per heavy atom. The Bertz CT molecular complexity index is 1480. The first-order valence-electron chi connectivity index (χ1n) is 12.6. The van der Waals surface area contributed by atoms with Crippen LogP contribution in [0.25, 0.3) is 10.3 Å². The highest BCUT2D eigenvalue weighted by atomic mass is 79.9. The number of hydrogen-bond donors (Lipinski definition) is 3. The number of fused-ring (bicyclic) bond motifs is 1. The van der Waals surface area contributed by atoms with Gasteiger partial charge in [-0.05, 0) is 45.8 Å². The minimum Gasteiger partial charge on any atom is -0.379 e. The highest BCUT2D eigenvalue weighted by molar-refractivity contribution is 9.10. The van der Waals surface area contributed by atoms with E-state index in [0.29, 0.717) is 64.2 Å². The molecule has 40 heavy (non-hydrogen) atoms. The van der Waals surface area contributed by atoms with E-state index in [1.807, 2.05) is 36.4 Å². The van der Waals surface area contributed by atoms with Gasteiger partial charge in [-0.25, -0.2) is 19.0 Å². The summed E-state index contributed by atoms with van der Waals surface area (Å²) in [5.41, 5.74) is 2.33.